The Kier molecular flexibility index (Phi) is 71.2. The van der Waals surface area contributed by atoms with Gasteiger partial charge in [-0.3, -0.25) is 37.3 Å². The molecule has 0 aromatic rings. The minimum atomic E-state index is -4.96. The highest BCUT2D eigenvalue weighted by atomic mass is 31.2. The van der Waals surface area contributed by atoms with E-state index in [0.29, 0.717) is 31.6 Å². The highest BCUT2D eigenvalue weighted by Gasteiger charge is 2.30. The van der Waals surface area contributed by atoms with E-state index in [-0.39, 0.29) is 25.7 Å². The lowest BCUT2D eigenvalue weighted by Gasteiger charge is -2.21. The van der Waals surface area contributed by atoms with Gasteiger partial charge in [-0.15, -0.1) is 0 Å². The Balaban J connectivity index is 5.23. The van der Waals surface area contributed by atoms with Gasteiger partial charge in [0.2, 0.25) is 0 Å². The van der Waals surface area contributed by atoms with E-state index in [4.69, 9.17) is 37.0 Å². The number of hydrogen-bond donors (Lipinski definition) is 3. The van der Waals surface area contributed by atoms with Crippen molar-refractivity contribution >= 4 is 39.5 Å². The molecule has 0 heterocycles. The standard InChI is InChI=1S/C81H158O17P2/c1-7-9-11-13-15-17-19-21-22-23-24-25-28-33-37-41-47-54-60-66-81(86)97-76(69-91-78(83)63-57-51-45-39-35-32-29-26-27-31-34-38-43-49-55-61-73(3)4)71-95-99(87,88)93-67-75(82)68-94-100(89,90)96-72-77(70-92-79(84)64-58-52-48-42-44-50-56-62-74(5)6)98-80(85)65-59-53-46-40-36-30-20-18-16-14-12-10-8-2/h73-77,82H,7-72H2,1-6H3,(H,87,88)(H,89,90)/t75-,76-,77-/m1/s1. The number of phosphoric acid groups is 2. The van der Waals surface area contributed by atoms with Crippen LogP contribution < -0.4 is 0 Å². The second-order valence-electron chi connectivity index (χ2n) is 30.1. The summed E-state index contributed by atoms with van der Waals surface area (Å²) in [6, 6.07) is 0. The summed E-state index contributed by atoms with van der Waals surface area (Å²) >= 11 is 0. The molecule has 594 valence electrons. The van der Waals surface area contributed by atoms with E-state index in [0.717, 1.165) is 102 Å². The maximum atomic E-state index is 13.1. The molecule has 0 aliphatic heterocycles. The molecule has 0 aromatic carbocycles. The molecule has 0 radical (unpaired) electrons. The van der Waals surface area contributed by atoms with Gasteiger partial charge in [-0.1, -0.05) is 375 Å². The van der Waals surface area contributed by atoms with Gasteiger partial charge >= 0.3 is 39.5 Å². The van der Waals surface area contributed by atoms with E-state index in [1.165, 1.54) is 238 Å². The van der Waals surface area contributed by atoms with Gasteiger partial charge in [0.25, 0.3) is 0 Å². The predicted octanol–water partition coefficient (Wildman–Crippen LogP) is 24.3. The molecule has 0 spiro atoms. The van der Waals surface area contributed by atoms with Crippen LogP contribution in [0.15, 0.2) is 0 Å². The van der Waals surface area contributed by atoms with Crippen molar-refractivity contribution in [2.24, 2.45) is 11.8 Å². The topological polar surface area (TPSA) is 237 Å². The van der Waals surface area contributed by atoms with Gasteiger partial charge < -0.3 is 33.8 Å². The zero-order valence-electron chi connectivity index (χ0n) is 65.5. The second kappa shape index (κ2) is 72.6. The van der Waals surface area contributed by atoms with Crippen LogP contribution in [0.3, 0.4) is 0 Å². The van der Waals surface area contributed by atoms with Gasteiger partial charge in [0.15, 0.2) is 12.2 Å². The fourth-order valence-corrected chi connectivity index (χ4v) is 14.1. The van der Waals surface area contributed by atoms with Crippen LogP contribution >= 0.6 is 15.6 Å². The van der Waals surface area contributed by atoms with E-state index in [2.05, 4.69) is 41.5 Å². The largest absolute Gasteiger partial charge is 0.472 e. The molecule has 0 aromatic heterocycles. The molecule has 2 unspecified atom stereocenters. The molecule has 0 bridgehead atoms. The van der Waals surface area contributed by atoms with Gasteiger partial charge in [-0.25, -0.2) is 9.13 Å². The maximum absolute atomic E-state index is 13.1. The molecule has 17 nitrogen and oxygen atoms in total. The SMILES string of the molecule is CCCCCCCCCCCCCCCCCCCCCC(=O)O[C@H](COC(=O)CCCCCCCCCCCCCCCCCC(C)C)COP(=O)(O)OC[C@@H](O)COP(=O)(O)OC[C@@H](COC(=O)CCCCCCCCCC(C)C)OC(=O)CCCCCCCCCCCCCCC. The summed E-state index contributed by atoms with van der Waals surface area (Å²) in [4.78, 5) is 73.0. The van der Waals surface area contributed by atoms with Crippen LogP contribution in [0.4, 0.5) is 0 Å². The molecule has 0 rings (SSSR count). The molecule has 0 aliphatic rings. The molecular formula is C81H158O17P2. The van der Waals surface area contributed by atoms with Crippen molar-refractivity contribution in [2.45, 2.75) is 445 Å². The van der Waals surface area contributed by atoms with E-state index in [9.17, 15) is 43.2 Å². The lowest BCUT2D eigenvalue weighted by molar-refractivity contribution is -0.161. The first-order valence-electron chi connectivity index (χ1n) is 42.0. The fourth-order valence-electron chi connectivity index (χ4n) is 12.5. The molecule has 5 atom stereocenters. The zero-order valence-corrected chi connectivity index (χ0v) is 67.3. The predicted molar refractivity (Wildman–Crippen MR) is 409 cm³/mol. The van der Waals surface area contributed by atoms with Crippen molar-refractivity contribution in [1.82, 2.24) is 0 Å². The van der Waals surface area contributed by atoms with Crippen LogP contribution in [-0.4, -0.2) is 96.7 Å². The molecule has 0 saturated carbocycles. The molecule has 0 amide bonds. The summed E-state index contributed by atoms with van der Waals surface area (Å²) in [6.07, 6.45) is 62.5. The molecule has 19 heteroatoms. The highest BCUT2D eigenvalue weighted by molar-refractivity contribution is 7.47. The molecule has 0 aliphatic carbocycles. The smallest absolute Gasteiger partial charge is 0.462 e. The number of carbonyl (C=O) groups excluding carboxylic acids is 4. The number of hydrogen-bond acceptors (Lipinski definition) is 15. The number of aliphatic hydroxyl groups is 1. The first kappa shape index (κ1) is 98.1. The molecule has 100 heavy (non-hydrogen) atoms. The van der Waals surface area contributed by atoms with E-state index >= 15 is 0 Å². The first-order chi connectivity index (χ1) is 48.4. The molecular weight excluding hydrogens is 1310 g/mol. The lowest BCUT2D eigenvalue weighted by atomic mass is 10.0. The van der Waals surface area contributed by atoms with Crippen molar-refractivity contribution in [3.05, 3.63) is 0 Å². The number of ether oxygens (including phenoxy) is 4. The van der Waals surface area contributed by atoms with Gasteiger partial charge in [0, 0.05) is 25.7 Å². The average molecular weight is 1470 g/mol. The third-order valence-corrected chi connectivity index (χ3v) is 20.9. The van der Waals surface area contributed by atoms with Gasteiger partial charge in [0.1, 0.15) is 19.3 Å². The van der Waals surface area contributed by atoms with Gasteiger partial charge in [-0.2, -0.15) is 0 Å². The summed E-state index contributed by atoms with van der Waals surface area (Å²) < 4.78 is 68.7. The highest BCUT2D eigenvalue weighted by Crippen LogP contribution is 2.45. The van der Waals surface area contributed by atoms with Crippen molar-refractivity contribution in [1.29, 1.82) is 0 Å². The van der Waals surface area contributed by atoms with Crippen LogP contribution in [-0.2, 0) is 65.4 Å². The maximum Gasteiger partial charge on any atom is 0.472 e. The summed E-state index contributed by atoms with van der Waals surface area (Å²) in [6.45, 7) is 9.61. The number of phosphoric ester groups is 2. The van der Waals surface area contributed by atoms with Crippen LogP contribution in [0.25, 0.3) is 0 Å². The van der Waals surface area contributed by atoms with E-state index < -0.39 is 97.5 Å². The second-order valence-corrected chi connectivity index (χ2v) is 33.0. The Labute approximate surface area is 613 Å². The molecule has 3 N–H and O–H groups in total. The first-order valence-corrected chi connectivity index (χ1v) is 45.0. The Morgan fingerprint density at radius 1 is 0.270 bits per heavy atom. The number of aliphatic hydroxyl groups excluding tert-OH is 1. The zero-order chi connectivity index (χ0) is 73.5. The van der Waals surface area contributed by atoms with Crippen molar-refractivity contribution in [2.75, 3.05) is 39.6 Å². The van der Waals surface area contributed by atoms with Gasteiger partial charge in [0.05, 0.1) is 26.4 Å². The third-order valence-electron chi connectivity index (χ3n) is 19.0. The Bertz CT molecular complexity index is 1920. The normalized spacial score (nSPS) is 13.9. The monoisotopic (exact) mass is 1470 g/mol. The third kappa shape index (κ3) is 74.3. The molecule has 0 saturated heterocycles. The summed E-state index contributed by atoms with van der Waals surface area (Å²) in [5, 5.41) is 10.6. The van der Waals surface area contributed by atoms with E-state index in [1.54, 1.807) is 0 Å². The number of esters is 4. The van der Waals surface area contributed by atoms with Gasteiger partial charge in [-0.05, 0) is 37.5 Å². The minimum Gasteiger partial charge on any atom is -0.462 e. The quantitative estimate of drug-likeness (QED) is 0.0222. The lowest BCUT2D eigenvalue weighted by Crippen LogP contribution is -2.30. The van der Waals surface area contributed by atoms with Crippen molar-refractivity contribution in [3.8, 4) is 0 Å². The van der Waals surface area contributed by atoms with Crippen molar-refractivity contribution in [3.63, 3.8) is 0 Å². The fraction of sp³-hybridized carbons (Fsp3) is 0.951. The van der Waals surface area contributed by atoms with Crippen LogP contribution in [0, 0.1) is 11.8 Å². The minimum absolute atomic E-state index is 0.107. The van der Waals surface area contributed by atoms with Crippen LogP contribution in [0.5, 0.6) is 0 Å². The van der Waals surface area contributed by atoms with Crippen LogP contribution in [0.2, 0.25) is 0 Å². The summed E-state index contributed by atoms with van der Waals surface area (Å²) in [5.41, 5.74) is 0. The van der Waals surface area contributed by atoms with Crippen LogP contribution in [0.1, 0.15) is 427 Å². The van der Waals surface area contributed by atoms with E-state index in [1.807, 2.05) is 0 Å². The summed E-state index contributed by atoms with van der Waals surface area (Å²) in [7, 11) is -9.92. The number of rotatable bonds is 80. The Morgan fingerprint density at radius 3 is 0.680 bits per heavy atom. The summed E-state index contributed by atoms with van der Waals surface area (Å²) in [5.74, 6) is -0.597. The number of unbranched alkanes of at least 4 members (excludes halogenated alkanes) is 50. The van der Waals surface area contributed by atoms with Crippen molar-refractivity contribution < 1.29 is 80.2 Å². The Morgan fingerprint density at radius 2 is 0.460 bits per heavy atom. The molecule has 0 fully saturated rings. The Hall–Kier alpha value is -1.94. The number of carbonyl (C=O) groups is 4. The average Bonchev–Trinajstić information content (AvgIpc) is 0.915.